The molecule has 0 atom stereocenters. The minimum Gasteiger partial charge on any atom is -0.493 e. The summed E-state index contributed by atoms with van der Waals surface area (Å²) >= 11 is 0. The summed E-state index contributed by atoms with van der Waals surface area (Å²) in [4.78, 5) is 0. The van der Waals surface area contributed by atoms with Crippen molar-refractivity contribution >= 4 is 11.4 Å². The molecule has 0 spiro atoms. The minimum atomic E-state index is 1.02. The molecule has 0 aliphatic carbocycles. The molecule has 1 aliphatic rings. The van der Waals surface area contributed by atoms with E-state index in [-0.39, 0.29) is 0 Å². The molecule has 0 fully saturated rings. The SMILES string of the molecule is CCCCCCc1cccc(C2=C(CCCC)C(CCCCC)=C(c3cccc(CCCC)c3)[N+]2=[N-])c1. The third-order valence-corrected chi connectivity index (χ3v) is 7.71. The quantitative estimate of drug-likeness (QED) is 0.153. The van der Waals surface area contributed by atoms with E-state index in [1.54, 1.807) is 4.70 Å². The van der Waals surface area contributed by atoms with Gasteiger partial charge in [0.25, 0.3) is 0 Å². The molecule has 0 unspecified atom stereocenters. The predicted octanol–water partition coefficient (Wildman–Crippen LogP) is 11.1. The molecule has 0 aromatic heterocycles. The van der Waals surface area contributed by atoms with Gasteiger partial charge in [-0.2, -0.15) is 0 Å². The van der Waals surface area contributed by atoms with E-state index < -0.39 is 0 Å². The Morgan fingerprint density at radius 1 is 0.514 bits per heavy atom. The molecule has 2 nitrogen and oxygen atoms in total. The normalized spacial score (nSPS) is 13.8. The molecule has 2 aromatic rings. The Labute approximate surface area is 227 Å². The number of allylic oxidation sites excluding steroid dienone is 2. The van der Waals surface area contributed by atoms with Gasteiger partial charge in [0.2, 0.25) is 11.4 Å². The fourth-order valence-electron chi connectivity index (χ4n) is 5.58. The Hall–Kier alpha value is -2.48. The summed E-state index contributed by atoms with van der Waals surface area (Å²) in [7, 11) is 0. The van der Waals surface area contributed by atoms with Crippen LogP contribution in [0.1, 0.15) is 133 Å². The summed E-state index contributed by atoms with van der Waals surface area (Å²) in [5.41, 5.74) is 21.7. The summed E-state index contributed by atoms with van der Waals surface area (Å²) in [5, 5.41) is 0. The molecule has 0 bridgehead atoms. The second-order valence-corrected chi connectivity index (χ2v) is 10.8. The van der Waals surface area contributed by atoms with Gasteiger partial charge in [0.1, 0.15) is 0 Å². The van der Waals surface area contributed by atoms with Crippen molar-refractivity contribution in [3.05, 3.63) is 87.5 Å². The molecular weight excluding hydrogens is 448 g/mol. The van der Waals surface area contributed by atoms with Crippen LogP contribution < -0.4 is 0 Å². The molecule has 3 rings (SSSR count). The van der Waals surface area contributed by atoms with Gasteiger partial charge in [0.05, 0.1) is 0 Å². The van der Waals surface area contributed by atoms with Gasteiger partial charge in [-0.25, -0.2) is 4.70 Å². The van der Waals surface area contributed by atoms with Crippen LogP contribution >= 0.6 is 0 Å². The number of unbranched alkanes of at least 4 members (excludes halogenated alkanes) is 7. The molecule has 0 N–H and O–H groups in total. The first kappa shape index (κ1) is 29.1. The average Bonchev–Trinajstić information content (AvgIpc) is 3.19. The van der Waals surface area contributed by atoms with Crippen molar-refractivity contribution in [3.63, 3.8) is 0 Å². The number of rotatable bonds is 17. The molecule has 1 heterocycles. The summed E-state index contributed by atoms with van der Waals surface area (Å²) < 4.78 is 1.56. The van der Waals surface area contributed by atoms with Crippen molar-refractivity contribution in [3.8, 4) is 0 Å². The molecule has 0 radical (unpaired) electrons. The fraction of sp³-hybridized carbons (Fsp3) is 0.543. The van der Waals surface area contributed by atoms with E-state index in [1.807, 2.05) is 0 Å². The molecule has 1 aliphatic heterocycles. The van der Waals surface area contributed by atoms with Gasteiger partial charge in [0.15, 0.2) is 0 Å². The molecule has 2 aromatic carbocycles. The maximum absolute atomic E-state index is 11.9. The van der Waals surface area contributed by atoms with Crippen LogP contribution in [0.25, 0.3) is 16.9 Å². The lowest BCUT2D eigenvalue weighted by Crippen LogP contribution is -2.03. The Morgan fingerprint density at radius 3 is 1.49 bits per heavy atom. The second-order valence-electron chi connectivity index (χ2n) is 10.8. The van der Waals surface area contributed by atoms with E-state index >= 15 is 0 Å². The van der Waals surface area contributed by atoms with Gasteiger partial charge in [-0.3, -0.25) is 0 Å². The summed E-state index contributed by atoms with van der Waals surface area (Å²) in [6.07, 6.45) is 17.6. The van der Waals surface area contributed by atoms with Gasteiger partial charge >= 0.3 is 0 Å². The molecule has 2 heteroatoms. The van der Waals surface area contributed by atoms with Crippen LogP contribution in [0.3, 0.4) is 0 Å². The zero-order valence-corrected chi connectivity index (χ0v) is 24.1. The first-order chi connectivity index (χ1) is 18.1. The Kier molecular flexibility index (Phi) is 12.3. The lowest BCUT2D eigenvalue weighted by Gasteiger charge is -2.12. The van der Waals surface area contributed by atoms with E-state index in [9.17, 15) is 5.53 Å². The van der Waals surface area contributed by atoms with Crippen molar-refractivity contribution in [2.75, 3.05) is 0 Å². The van der Waals surface area contributed by atoms with Crippen LogP contribution in [0.4, 0.5) is 0 Å². The van der Waals surface area contributed by atoms with Gasteiger partial charge in [-0.05, 0) is 86.8 Å². The largest absolute Gasteiger partial charge is 0.493 e. The van der Waals surface area contributed by atoms with Crippen molar-refractivity contribution in [2.24, 2.45) is 0 Å². The van der Waals surface area contributed by atoms with E-state index in [4.69, 9.17) is 0 Å². The predicted molar refractivity (Wildman–Crippen MR) is 160 cm³/mol. The molecule has 0 amide bonds. The Bertz CT molecular complexity index is 1070. The van der Waals surface area contributed by atoms with E-state index in [1.165, 1.54) is 80.1 Å². The lowest BCUT2D eigenvalue weighted by atomic mass is 9.91. The van der Waals surface area contributed by atoms with E-state index in [2.05, 4.69) is 76.2 Å². The highest BCUT2D eigenvalue weighted by molar-refractivity contribution is 5.82. The first-order valence-corrected chi connectivity index (χ1v) is 15.3. The zero-order chi connectivity index (χ0) is 26.5. The summed E-state index contributed by atoms with van der Waals surface area (Å²) in [6.45, 7) is 9.05. The van der Waals surface area contributed by atoms with Gasteiger partial charge in [0, 0.05) is 22.3 Å². The highest BCUT2D eigenvalue weighted by Crippen LogP contribution is 2.44. The van der Waals surface area contributed by atoms with Crippen LogP contribution in [-0.2, 0) is 12.8 Å². The molecule has 200 valence electrons. The van der Waals surface area contributed by atoms with Crippen molar-refractivity contribution in [1.29, 1.82) is 0 Å². The van der Waals surface area contributed by atoms with Crippen LogP contribution in [-0.4, -0.2) is 4.70 Å². The maximum atomic E-state index is 11.9. The molecule has 0 saturated carbocycles. The summed E-state index contributed by atoms with van der Waals surface area (Å²) in [5.74, 6) is 0. The van der Waals surface area contributed by atoms with Crippen LogP contribution in [0.5, 0.6) is 0 Å². The van der Waals surface area contributed by atoms with E-state index in [0.717, 1.165) is 61.0 Å². The smallest absolute Gasteiger partial charge is 0.211 e. The number of aryl methyl sites for hydroxylation is 2. The number of hydrogen-bond donors (Lipinski definition) is 0. The van der Waals surface area contributed by atoms with Gasteiger partial charge < -0.3 is 5.53 Å². The Morgan fingerprint density at radius 2 is 0.946 bits per heavy atom. The van der Waals surface area contributed by atoms with Crippen molar-refractivity contribution in [2.45, 2.75) is 124 Å². The number of nitrogens with zero attached hydrogens (tertiary/aromatic N) is 2. The highest BCUT2D eigenvalue weighted by atomic mass is 15.2. The topological polar surface area (TPSA) is 25.3 Å². The highest BCUT2D eigenvalue weighted by Gasteiger charge is 2.35. The standard InChI is InChI=1S/C35H50N2/c1-5-9-13-15-19-29-21-17-23-31(27-29)34-32(24-12-8-4)33(25-14-10-6-2)35(37(34)36)30-22-16-20-28(26-30)18-11-7-3/h16-17,20-23,26-27H,5-15,18-19,24-25H2,1-4H3. The zero-order valence-electron chi connectivity index (χ0n) is 24.1. The van der Waals surface area contributed by atoms with Crippen LogP contribution in [0, 0.1) is 0 Å². The fourth-order valence-corrected chi connectivity index (χ4v) is 5.58. The second kappa shape index (κ2) is 15.7. The average molecular weight is 499 g/mol. The number of benzene rings is 2. The first-order valence-electron chi connectivity index (χ1n) is 15.3. The number of hydrogen-bond acceptors (Lipinski definition) is 0. The maximum Gasteiger partial charge on any atom is 0.211 e. The molecular formula is C35H50N2. The molecule has 37 heavy (non-hydrogen) atoms. The van der Waals surface area contributed by atoms with Gasteiger partial charge in [-0.1, -0.05) is 96.9 Å². The van der Waals surface area contributed by atoms with Crippen molar-refractivity contribution in [1.82, 2.24) is 0 Å². The van der Waals surface area contributed by atoms with E-state index in [0.29, 0.717) is 0 Å². The molecule has 0 saturated heterocycles. The third kappa shape index (κ3) is 8.00. The van der Waals surface area contributed by atoms with Crippen molar-refractivity contribution < 1.29 is 4.70 Å². The lowest BCUT2D eigenvalue weighted by molar-refractivity contribution is -0.345. The van der Waals surface area contributed by atoms with Gasteiger partial charge in [-0.15, -0.1) is 0 Å². The minimum absolute atomic E-state index is 1.02. The van der Waals surface area contributed by atoms with Crippen LogP contribution in [0.2, 0.25) is 0 Å². The van der Waals surface area contributed by atoms with Crippen LogP contribution in [0.15, 0.2) is 59.7 Å². The Balaban J connectivity index is 2.04. The summed E-state index contributed by atoms with van der Waals surface area (Å²) in [6, 6.07) is 17.9. The monoisotopic (exact) mass is 498 g/mol. The third-order valence-electron chi connectivity index (χ3n) is 7.71.